The van der Waals surface area contributed by atoms with Gasteiger partial charge in [0.2, 0.25) is 5.91 Å². The molecule has 2 saturated heterocycles. The van der Waals surface area contributed by atoms with Gasteiger partial charge in [-0.15, -0.1) is 0 Å². The Morgan fingerprint density at radius 2 is 1.84 bits per heavy atom. The third-order valence-electron chi connectivity index (χ3n) is 6.08. The summed E-state index contributed by atoms with van der Waals surface area (Å²) < 4.78 is 11.4. The lowest BCUT2D eigenvalue weighted by Gasteiger charge is -2.33. The molecule has 2 aliphatic rings. The molecule has 5 rings (SSSR count). The second-order valence-electron chi connectivity index (χ2n) is 8.15. The van der Waals surface area contributed by atoms with Crippen LogP contribution < -0.4 is 5.32 Å². The molecule has 0 bridgehead atoms. The van der Waals surface area contributed by atoms with Crippen molar-refractivity contribution in [1.29, 1.82) is 0 Å². The largest absolute Gasteiger partial charge is 0.480 e. The molecule has 0 saturated carbocycles. The van der Waals surface area contributed by atoms with E-state index >= 15 is 0 Å². The van der Waals surface area contributed by atoms with E-state index < -0.39 is 29.6 Å². The van der Waals surface area contributed by atoms with Gasteiger partial charge >= 0.3 is 5.97 Å². The third kappa shape index (κ3) is 3.59. The van der Waals surface area contributed by atoms with Crippen molar-refractivity contribution in [3.63, 3.8) is 0 Å². The number of ether oxygens (including phenoxy) is 2. The molecule has 3 aromatic rings. The third-order valence-corrected chi connectivity index (χ3v) is 6.08. The van der Waals surface area contributed by atoms with E-state index in [4.69, 9.17) is 9.47 Å². The number of aromatic nitrogens is 1. The molecule has 3 N–H and O–H groups in total. The lowest BCUT2D eigenvalue weighted by Crippen LogP contribution is -2.47. The summed E-state index contributed by atoms with van der Waals surface area (Å²) in [7, 11) is 0. The Morgan fingerprint density at radius 3 is 2.62 bits per heavy atom. The van der Waals surface area contributed by atoms with E-state index in [0.717, 1.165) is 28.2 Å². The lowest BCUT2D eigenvalue weighted by atomic mass is 10.1. The molecule has 32 heavy (non-hydrogen) atoms. The van der Waals surface area contributed by atoms with E-state index in [-0.39, 0.29) is 19.5 Å². The highest BCUT2D eigenvalue weighted by molar-refractivity contribution is 6.10. The topological polar surface area (TPSA) is 121 Å². The van der Waals surface area contributed by atoms with Gasteiger partial charge in [-0.2, -0.15) is 0 Å². The number of nitrogens with zero attached hydrogens (tertiary/aromatic N) is 1. The molecular formula is C23H23N3O6. The highest BCUT2D eigenvalue weighted by Gasteiger charge is 2.51. The average Bonchev–Trinajstić information content (AvgIpc) is 3.36. The minimum Gasteiger partial charge on any atom is -0.480 e. The monoisotopic (exact) mass is 437 g/mol. The van der Waals surface area contributed by atoms with Gasteiger partial charge in [0.05, 0.1) is 26.3 Å². The molecule has 1 aromatic heterocycles. The fraction of sp³-hybridized carbons (Fsp3) is 0.348. The molecule has 1 spiro atoms. The maximum Gasteiger partial charge on any atom is 0.326 e. The first-order chi connectivity index (χ1) is 15.5. The van der Waals surface area contributed by atoms with Crippen LogP contribution >= 0.6 is 0 Å². The zero-order valence-corrected chi connectivity index (χ0v) is 17.3. The minimum absolute atomic E-state index is 0.0277. The number of aliphatic carboxylic acids is 1. The van der Waals surface area contributed by atoms with E-state index in [1.54, 1.807) is 12.1 Å². The molecule has 166 valence electrons. The molecule has 2 fully saturated rings. The molecule has 1 atom stereocenters. The Hall–Kier alpha value is -3.43. The standard InChI is InChI=1S/C23H23N3O6/c27-20(26-13-23(11-19(26)22(29)30)31-8-3-9-32-23)12-24-21(28)14-6-7-18-16(10-14)15-4-1-2-5-17(15)25-18/h1-2,4-7,10,19,25H,3,8-9,11-13H2,(H,24,28)(H,29,30). The summed E-state index contributed by atoms with van der Waals surface area (Å²) in [5, 5.41) is 14.1. The van der Waals surface area contributed by atoms with Crippen molar-refractivity contribution >= 4 is 39.6 Å². The van der Waals surface area contributed by atoms with Crippen LogP contribution in [0.3, 0.4) is 0 Å². The van der Waals surface area contributed by atoms with Gasteiger partial charge in [0.1, 0.15) is 6.04 Å². The van der Waals surface area contributed by atoms with Crippen LogP contribution in [0.2, 0.25) is 0 Å². The van der Waals surface area contributed by atoms with Gasteiger partial charge in [0.15, 0.2) is 5.79 Å². The van der Waals surface area contributed by atoms with Crippen molar-refractivity contribution in [3.8, 4) is 0 Å². The van der Waals surface area contributed by atoms with Gasteiger partial charge in [-0.3, -0.25) is 9.59 Å². The average molecular weight is 437 g/mol. The van der Waals surface area contributed by atoms with Crippen LogP contribution in [0.15, 0.2) is 42.5 Å². The summed E-state index contributed by atoms with van der Waals surface area (Å²) >= 11 is 0. The number of likely N-dealkylation sites (tertiary alicyclic amines) is 1. The molecule has 0 radical (unpaired) electrons. The summed E-state index contributed by atoms with van der Waals surface area (Å²) in [5.41, 5.74) is 2.31. The number of fused-ring (bicyclic) bond motifs is 3. The first kappa shape index (κ1) is 20.5. The maximum absolute atomic E-state index is 12.8. The number of nitrogens with one attached hydrogen (secondary N) is 2. The van der Waals surface area contributed by atoms with Gasteiger partial charge in [0.25, 0.3) is 5.91 Å². The van der Waals surface area contributed by atoms with Crippen LogP contribution in [0.5, 0.6) is 0 Å². The van der Waals surface area contributed by atoms with Crippen molar-refractivity contribution < 1.29 is 29.0 Å². The normalized spacial score (nSPS) is 20.1. The van der Waals surface area contributed by atoms with E-state index in [9.17, 15) is 19.5 Å². The first-order valence-corrected chi connectivity index (χ1v) is 10.5. The molecule has 2 aromatic carbocycles. The fourth-order valence-corrected chi connectivity index (χ4v) is 4.50. The number of rotatable bonds is 4. The van der Waals surface area contributed by atoms with Crippen molar-refractivity contribution in [2.75, 3.05) is 26.3 Å². The Morgan fingerprint density at radius 1 is 1.09 bits per heavy atom. The van der Waals surface area contributed by atoms with Crippen molar-refractivity contribution in [2.45, 2.75) is 24.7 Å². The summed E-state index contributed by atoms with van der Waals surface area (Å²) in [6.45, 7) is 0.632. The Kier molecular flexibility index (Phi) is 5.07. The van der Waals surface area contributed by atoms with Crippen LogP contribution in [0.1, 0.15) is 23.2 Å². The molecule has 9 nitrogen and oxygen atoms in total. The van der Waals surface area contributed by atoms with Gasteiger partial charge < -0.3 is 29.8 Å². The Balaban J connectivity index is 1.29. The SMILES string of the molecule is O=C(NCC(=O)N1CC2(CC1C(=O)O)OCCCO2)c1ccc2[nH]c3ccccc3c2c1. The summed E-state index contributed by atoms with van der Waals surface area (Å²) in [5.74, 6) is -3.10. The number of para-hydroxylation sites is 1. The van der Waals surface area contributed by atoms with E-state index in [1.807, 2.05) is 30.3 Å². The van der Waals surface area contributed by atoms with Gasteiger partial charge in [-0.05, 0) is 30.7 Å². The van der Waals surface area contributed by atoms with Gasteiger partial charge in [-0.25, -0.2) is 4.79 Å². The molecule has 3 heterocycles. The quantitative estimate of drug-likeness (QED) is 0.573. The van der Waals surface area contributed by atoms with E-state index in [0.29, 0.717) is 18.8 Å². The number of aromatic amines is 1. The van der Waals surface area contributed by atoms with E-state index in [1.165, 1.54) is 4.90 Å². The molecule has 9 heteroatoms. The Bertz CT molecular complexity index is 1210. The smallest absolute Gasteiger partial charge is 0.326 e. The predicted octanol–water partition coefficient (Wildman–Crippen LogP) is 1.87. The summed E-state index contributed by atoms with van der Waals surface area (Å²) in [6.07, 6.45) is 0.795. The lowest BCUT2D eigenvalue weighted by molar-refractivity contribution is -0.257. The zero-order chi connectivity index (χ0) is 22.3. The van der Waals surface area contributed by atoms with Crippen LogP contribution in [-0.2, 0) is 19.1 Å². The number of amides is 2. The number of carboxylic acid groups (broad SMARTS) is 1. The van der Waals surface area contributed by atoms with Crippen LogP contribution in [-0.4, -0.2) is 70.9 Å². The van der Waals surface area contributed by atoms with Crippen molar-refractivity contribution in [3.05, 3.63) is 48.0 Å². The molecule has 1 unspecified atom stereocenters. The second kappa shape index (κ2) is 7.92. The fourth-order valence-electron chi connectivity index (χ4n) is 4.50. The highest BCUT2D eigenvalue weighted by Crippen LogP contribution is 2.34. The second-order valence-corrected chi connectivity index (χ2v) is 8.15. The predicted molar refractivity (Wildman–Crippen MR) is 115 cm³/mol. The number of carbonyl (C=O) groups excluding carboxylic acids is 2. The number of hydrogen-bond acceptors (Lipinski definition) is 5. The van der Waals surface area contributed by atoms with E-state index in [2.05, 4.69) is 10.3 Å². The summed E-state index contributed by atoms with van der Waals surface area (Å²) in [4.78, 5) is 41.8. The first-order valence-electron chi connectivity index (χ1n) is 10.5. The number of benzene rings is 2. The number of H-pyrrole nitrogens is 1. The van der Waals surface area contributed by atoms with Gasteiger partial charge in [-0.1, -0.05) is 18.2 Å². The molecular weight excluding hydrogens is 414 g/mol. The molecule has 0 aliphatic carbocycles. The minimum atomic E-state index is -1.12. The van der Waals surface area contributed by atoms with Crippen LogP contribution in [0.4, 0.5) is 0 Å². The number of hydrogen-bond donors (Lipinski definition) is 3. The van der Waals surface area contributed by atoms with Crippen molar-refractivity contribution in [2.24, 2.45) is 0 Å². The zero-order valence-electron chi connectivity index (χ0n) is 17.3. The number of carbonyl (C=O) groups is 3. The molecule has 2 amide bonds. The van der Waals surface area contributed by atoms with Crippen molar-refractivity contribution in [1.82, 2.24) is 15.2 Å². The molecule has 2 aliphatic heterocycles. The van der Waals surface area contributed by atoms with Gasteiger partial charge in [0, 0.05) is 33.8 Å². The van der Waals surface area contributed by atoms with Crippen LogP contribution in [0.25, 0.3) is 21.8 Å². The maximum atomic E-state index is 12.8. The number of carboxylic acids is 1. The Labute approximate surface area is 183 Å². The van der Waals surface area contributed by atoms with Crippen LogP contribution in [0, 0.1) is 0 Å². The highest BCUT2D eigenvalue weighted by atomic mass is 16.7. The summed E-state index contributed by atoms with van der Waals surface area (Å²) in [6, 6.07) is 12.1.